The zero-order valence-electron chi connectivity index (χ0n) is 18.1. The molecular weight excluding hydrogens is 360 g/mol. The first-order valence-corrected chi connectivity index (χ1v) is 10.5. The Bertz CT molecular complexity index is 769. The SMILES string of the molecule is CC(C)Cc1ccc(O)c(C=NCCCN=Cc2cc(CC(C)C)ccc2O)c1. The van der Waals surface area contributed by atoms with E-state index in [-0.39, 0.29) is 11.5 Å². The molecule has 0 spiro atoms. The number of phenols is 2. The number of hydrogen-bond donors (Lipinski definition) is 2. The molecule has 0 bridgehead atoms. The first kappa shape index (κ1) is 22.7. The van der Waals surface area contributed by atoms with Crippen molar-refractivity contribution in [2.24, 2.45) is 21.8 Å². The average Bonchev–Trinajstić information content (AvgIpc) is 2.65. The fraction of sp³-hybridized carbons (Fsp3) is 0.440. The summed E-state index contributed by atoms with van der Waals surface area (Å²) in [6.45, 7) is 10.0. The molecule has 4 nitrogen and oxygen atoms in total. The normalized spacial score (nSPS) is 12.1. The molecule has 0 aliphatic carbocycles. The Morgan fingerprint density at radius 3 is 1.52 bits per heavy atom. The van der Waals surface area contributed by atoms with Crippen LogP contribution in [0.5, 0.6) is 11.5 Å². The van der Waals surface area contributed by atoms with E-state index >= 15 is 0 Å². The highest BCUT2D eigenvalue weighted by molar-refractivity contribution is 5.84. The van der Waals surface area contributed by atoms with Crippen LogP contribution in [-0.4, -0.2) is 35.7 Å². The number of hydrogen-bond acceptors (Lipinski definition) is 4. The molecule has 0 aliphatic heterocycles. The second kappa shape index (κ2) is 11.4. The summed E-state index contributed by atoms with van der Waals surface area (Å²) in [7, 11) is 0. The van der Waals surface area contributed by atoms with Gasteiger partial charge in [0.15, 0.2) is 0 Å². The van der Waals surface area contributed by atoms with Crippen molar-refractivity contribution in [3.8, 4) is 11.5 Å². The highest BCUT2D eigenvalue weighted by Crippen LogP contribution is 2.20. The summed E-state index contributed by atoms with van der Waals surface area (Å²) in [5.74, 6) is 1.67. The first-order chi connectivity index (χ1) is 13.8. The Hall–Kier alpha value is -2.62. The van der Waals surface area contributed by atoms with E-state index in [1.807, 2.05) is 24.3 Å². The van der Waals surface area contributed by atoms with Crippen LogP contribution in [0.25, 0.3) is 0 Å². The molecule has 0 saturated heterocycles. The minimum absolute atomic E-state index is 0.260. The summed E-state index contributed by atoms with van der Waals surface area (Å²) in [4.78, 5) is 8.85. The quantitative estimate of drug-likeness (QED) is 0.417. The summed E-state index contributed by atoms with van der Waals surface area (Å²) in [6.07, 6.45) is 6.27. The van der Waals surface area contributed by atoms with Crippen molar-refractivity contribution < 1.29 is 10.2 Å². The minimum Gasteiger partial charge on any atom is -0.507 e. The number of nitrogens with zero attached hydrogens (tertiary/aromatic N) is 2. The van der Waals surface area contributed by atoms with E-state index in [2.05, 4.69) is 37.7 Å². The maximum atomic E-state index is 10.0. The average molecular weight is 395 g/mol. The lowest BCUT2D eigenvalue weighted by atomic mass is 10.0. The Balaban J connectivity index is 1.84. The Labute approximate surface area is 175 Å². The molecular formula is C25H34N2O2. The molecule has 2 aromatic rings. The molecule has 0 fully saturated rings. The van der Waals surface area contributed by atoms with Crippen LogP contribution in [0.2, 0.25) is 0 Å². The summed E-state index contributed by atoms with van der Waals surface area (Å²) in [5.41, 5.74) is 3.95. The first-order valence-electron chi connectivity index (χ1n) is 10.5. The molecule has 0 aromatic heterocycles. The summed E-state index contributed by atoms with van der Waals surface area (Å²) in [6, 6.07) is 11.4. The topological polar surface area (TPSA) is 65.2 Å². The summed E-state index contributed by atoms with van der Waals surface area (Å²) < 4.78 is 0. The highest BCUT2D eigenvalue weighted by Gasteiger charge is 2.04. The lowest BCUT2D eigenvalue weighted by Gasteiger charge is -2.07. The van der Waals surface area contributed by atoms with Gasteiger partial charge in [-0.1, -0.05) is 39.8 Å². The van der Waals surface area contributed by atoms with Crippen molar-refractivity contribution in [2.45, 2.75) is 47.0 Å². The molecule has 0 saturated carbocycles. The van der Waals surface area contributed by atoms with Gasteiger partial charge in [-0.05, 0) is 66.5 Å². The molecule has 29 heavy (non-hydrogen) atoms. The van der Waals surface area contributed by atoms with Gasteiger partial charge in [-0.3, -0.25) is 9.98 Å². The number of aromatic hydroxyl groups is 2. The van der Waals surface area contributed by atoms with Gasteiger partial charge in [0, 0.05) is 36.6 Å². The third kappa shape index (κ3) is 8.10. The van der Waals surface area contributed by atoms with Crippen LogP contribution in [-0.2, 0) is 12.8 Å². The van der Waals surface area contributed by atoms with Crippen LogP contribution < -0.4 is 0 Å². The maximum Gasteiger partial charge on any atom is 0.124 e. The van der Waals surface area contributed by atoms with Crippen LogP contribution in [0, 0.1) is 11.8 Å². The van der Waals surface area contributed by atoms with Gasteiger partial charge in [-0.25, -0.2) is 0 Å². The van der Waals surface area contributed by atoms with Crippen molar-refractivity contribution in [1.82, 2.24) is 0 Å². The zero-order chi connectivity index (χ0) is 21.2. The Morgan fingerprint density at radius 2 is 1.14 bits per heavy atom. The van der Waals surface area contributed by atoms with Crippen LogP contribution in [0.1, 0.15) is 56.4 Å². The molecule has 0 radical (unpaired) electrons. The van der Waals surface area contributed by atoms with Crippen LogP contribution in [0.3, 0.4) is 0 Å². The second-order valence-electron chi connectivity index (χ2n) is 8.41. The lowest BCUT2D eigenvalue weighted by Crippen LogP contribution is -1.96. The smallest absolute Gasteiger partial charge is 0.124 e. The van der Waals surface area contributed by atoms with Crippen LogP contribution in [0.4, 0.5) is 0 Å². The second-order valence-corrected chi connectivity index (χ2v) is 8.41. The third-order valence-corrected chi connectivity index (χ3v) is 4.51. The molecule has 2 N–H and O–H groups in total. The van der Waals surface area contributed by atoms with Gasteiger partial charge in [-0.2, -0.15) is 0 Å². The predicted molar refractivity (Wildman–Crippen MR) is 123 cm³/mol. The van der Waals surface area contributed by atoms with Crippen molar-refractivity contribution in [3.63, 3.8) is 0 Å². The van der Waals surface area contributed by atoms with Crippen molar-refractivity contribution in [1.29, 1.82) is 0 Å². The highest BCUT2D eigenvalue weighted by atomic mass is 16.3. The lowest BCUT2D eigenvalue weighted by molar-refractivity contribution is 0.473. The molecule has 0 heterocycles. The van der Waals surface area contributed by atoms with Crippen LogP contribution >= 0.6 is 0 Å². The molecule has 0 amide bonds. The molecule has 156 valence electrons. The molecule has 0 unspecified atom stereocenters. The van der Waals surface area contributed by atoms with E-state index in [1.54, 1.807) is 24.6 Å². The van der Waals surface area contributed by atoms with Gasteiger partial charge in [0.2, 0.25) is 0 Å². The maximum absolute atomic E-state index is 10.0. The van der Waals surface area contributed by atoms with Gasteiger partial charge in [0.1, 0.15) is 11.5 Å². The van der Waals surface area contributed by atoms with Gasteiger partial charge in [-0.15, -0.1) is 0 Å². The molecule has 4 heteroatoms. The summed E-state index contributed by atoms with van der Waals surface area (Å²) >= 11 is 0. The van der Waals surface area contributed by atoms with E-state index in [9.17, 15) is 10.2 Å². The number of rotatable bonds is 10. The number of phenolic OH excluding ortho intramolecular Hbond substituents is 2. The third-order valence-electron chi connectivity index (χ3n) is 4.51. The molecule has 0 aliphatic rings. The number of aliphatic imine (C=N–C) groups is 2. The van der Waals surface area contributed by atoms with E-state index in [4.69, 9.17) is 0 Å². The van der Waals surface area contributed by atoms with Gasteiger partial charge in [0.25, 0.3) is 0 Å². The van der Waals surface area contributed by atoms with Crippen molar-refractivity contribution >= 4 is 12.4 Å². The monoisotopic (exact) mass is 394 g/mol. The molecule has 2 aromatic carbocycles. The predicted octanol–water partition coefficient (Wildman–Crippen LogP) is 5.42. The standard InChI is InChI=1S/C25H34N2O2/c1-18(2)12-20-6-8-24(28)22(14-20)16-26-10-5-11-27-17-23-15-21(13-19(3)4)7-9-25(23)29/h6-9,14-19,28-29H,5,10-13H2,1-4H3. The number of benzene rings is 2. The van der Waals surface area contributed by atoms with E-state index < -0.39 is 0 Å². The van der Waals surface area contributed by atoms with E-state index in [0.717, 1.165) is 30.4 Å². The molecule has 0 atom stereocenters. The Kier molecular flexibility index (Phi) is 8.91. The van der Waals surface area contributed by atoms with Gasteiger partial charge in [0.05, 0.1) is 0 Å². The largest absolute Gasteiger partial charge is 0.507 e. The van der Waals surface area contributed by atoms with Gasteiger partial charge >= 0.3 is 0 Å². The van der Waals surface area contributed by atoms with Crippen LogP contribution in [0.15, 0.2) is 46.4 Å². The molecule has 2 rings (SSSR count). The van der Waals surface area contributed by atoms with Gasteiger partial charge < -0.3 is 10.2 Å². The van der Waals surface area contributed by atoms with Crippen molar-refractivity contribution in [3.05, 3.63) is 58.7 Å². The summed E-state index contributed by atoms with van der Waals surface area (Å²) in [5, 5.41) is 20.0. The Morgan fingerprint density at radius 1 is 0.724 bits per heavy atom. The van der Waals surface area contributed by atoms with E-state index in [1.165, 1.54) is 11.1 Å². The fourth-order valence-corrected chi connectivity index (χ4v) is 3.19. The fourth-order valence-electron chi connectivity index (χ4n) is 3.19. The van der Waals surface area contributed by atoms with E-state index in [0.29, 0.717) is 24.9 Å². The zero-order valence-corrected chi connectivity index (χ0v) is 18.1. The minimum atomic E-state index is 0.260. The van der Waals surface area contributed by atoms with Crippen molar-refractivity contribution in [2.75, 3.05) is 13.1 Å².